The minimum absolute atomic E-state index is 0.00670. The zero-order valence-corrected chi connectivity index (χ0v) is 30.8. The molecular formula is C45H47N3O7. The fourth-order valence-electron chi connectivity index (χ4n) is 7.47. The van der Waals surface area contributed by atoms with Crippen molar-refractivity contribution >= 4 is 11.7 Å². The van der Waals surface area contributed by atoms with Gasteiger partial charge in [-0.3, -0.25) is 0 Å². The van der Waals surface area contributed by atoms with Gasteiger partial charge in [-0.15, -0.1) is 0 Å². The number of anilines is 1. The summed E-state index contributed by atoms with van der Waals surface area (Å²) in [4.78, 5) is 15.2. The van der Waals surface area contributed by atoms with E-state index in [1.54, 1.807) is 0 Å². The molecule has 55 heavy (non-hydrogen) atoms. The first kappa shape index (κ1) is 36.9. The Bertz CT molecular complexity index is 1990. The number of benzene rings is 5. The van der Waals surface area contributed by atoms with Crippen molar-refractivity contribution in [1.29, 1.82) is 0 Å². The van der Waals surface area contributed by atoms with E-state index in [9.17, 15) is 9.90 Å². The molecule has 284 valence electrons. The zero-order valence-electron chi connectivity index (χ0n) is 30.8. The summed E-state index contributed by atoms with van der Waals surface area (Å²) in [5.74, 6) is 1.03. The van der Waals surface area contributed by atoms with Crippen molar-refractivity contribution in [2.75, 3.05) is 38.2 Å². The number of hydrogen-bond donors (Lipinski definition) is 3. The molecule has 3 atom stereocenters. The lowest BCUT2D eigenvalue weighted by atomic mass is 9.98. The highest BCUT2D eigenvalue weighted by atomic mass is 16.7. The van der Waals surface area contributed by atoms with Crippen LogP contribution in [0.5, 0.6) is 11.5 Å². The molecule has 3 N–H and O–H groups in total. The molecule has 10 heteroatoms. The van der Waals surface area contributed by atoms with Gasteiger partial charge < -0.3 is 44.3 Å². The van der Waals surface area contributed by atoms with E-state index in [0.717, 1.165) is 78.0 Å². The van der Waals surface area contributed by atoms with Crippen LogP contribution in [0, 0.1) is 0 Å². The van der Waals surface area contributed by atoms with E-state index in [2.05, 4.69) is 51.9 Å². The summed E-state index contributed by atoms with van der Waals surface area (Å²) in [7, 11) is 0. The molecule has 0 aromatic heterocycles. The van der Waals surface area contributed by atoms with Gasteiger partial charge in [-0.2, -0.15) is 0 Å². The number of aliphatic hydroxyl groups is 1. The number of nitrogens with zero attached hydrogens (tertiary/aromatic N) is 1. The molecule has 5 aromatic carbocycles. The molecule has 0 bridgehead atoms. The second-order valence-corrected chi connectivity index (χ2v) is 14.3. The summed E-state index contributed by atoms with van der Waals surface area (Å²) in [6, 6.07) is 41.0. The van der Waals surface area contributed by atoms with Gasteiger partial charge in [0.2, 0.25) is 0 Å². The molecule has 8 rings (SSSR count). The summed E-state index contributed by atoms with van der Waals surface area (Å²) in [5, 5.41) is 15.4. The van der Waals surface area contributed by atoms with Crippen LogP contribution in [-0.4, -0.2) is 60.8 Å². The number of aliphatic hydroxyl groups excluding tert-OH is 1. The second-order valence-electron chi connectivity index (χ2n) is 14.3. The van der Waals surface area contributed by atoms with Gasteiger partial charge in [-0.25, -0.2) is 4.79 Å². The molecular weight excluding hydrogens is 695 g/mol. The van der Waals surface area contributed by atoms with E-state index < -0.39 is 12.1 Å². The molecule has 10 nitrogen and oxygen atoms in total. The molecule has 1 spiro atoms. The average molecular weight is 742 g/mol. The van der Waals surface area contributed by atoms with Crippen LogP contribution in [-0.2, 0) is 32.1 Å². The molecule has 3 aliphatic rings. The molecule has 0 unspecified atom stereocenters. The number of nitrogens with one attached hydrogen (secondary N) is 2. The molecule has 0 saturated carbocycles. The Morgan fingerprint density at radius 2 is 1.45 bits per heavy atom. The Hall–Kier alpha value is -5.07. The fourth-order valence-corrected chi connectivity index (χ4v) is 7.47. The van der Waals surface area contributed by atoms with E-state index in [1.165, 1.54) is 0 Å². The predicted molar refractivity (Wildman–Crippen MR) is 209 cm³/mol. The van der Waals surface area contributed by atoms with Gasteiger partial charge in [0.15, 0.2) is 12.1 Å². The molecule has 3 heterocycles. The third kappa shape index (κ3) is 9.42. The van der Waals surface area contributed by atoms with E-state index in [4.69, 9.17) is 23.7 Å². The molecule has 0 radical (unpaired) electrons. The van der Waals surface area contributed by atoms with Crippen molar-refractivity contribution < 1.29 is 33.6 Å². The summed E-state index contributed by atoms with van der Waals surface area (Å²) in [6.07, 6.45) is 1.74. The van der Waals surface area contributed by atoms with Crippen LogP contribution in [0.3, 0.4) is 0 Å². The number of para-hydroxylation sites is 1. The van der Waals surface area contributed by atoms with Gasteiger partial charge in [-0.1, -0.05) is 84.9 Å². The molecule has 3 aliphatic heterocycles. The van der Waals surface area contributed by atoms with Gasteiger partial charge in [0.05, 0.1) is 32.0 Å². The monoisotopic (exact) mass is 741 g/mol. The van der Waals surface area contributed by atoms with Gasteiger partial charge in [0.1, 0.15) is 11.5 Å². The number of urea groups is 1. The highest BCUT2D eigenvalue weighted by Crippen LogP contribution is 2.39. The van der Waals surface area contributed by atoms with Crippen LogP contribution >= 0.6 is 0 Å². The summed E-state index contributed by atoms with van der Waals surface area (Å²) in [5.41, 5.74) is 6.64. The average Bonchev–Trinajstić information content (AvgIpc) is 3.70. The van der Waals surface area contributed by atoms with E-state index >= 15 is 0 Å². The zero-order chi connectivity index (χ0) is 37.5. The lowest BCUT2D eigenvalue weighted by Gasteiger charge is -2.41. The van der Waals surface area contributed by atoms with Gasteiger partial charge in [0.25, 0.3) is 0 Å². The Kier molecular flexibility index (Phi) is 11.5. The number of ether oxygens (including phenoxy) is 5. The maximum Gasteiger partial charge on any atom is 0.319 e. The maximum absolute atomic E-state index is 12.7. The fraction of sp³-hybridized carbons (Fsp3) is 0.311. The van der Waals surface area contributed by atoms with Crippen molar-refractivity contribution in [2.24, 2.45) is 0 Å². The van der Waals surface area contributed by atoms with Crippen LogP contribution in [0.15, 0.2) is 127 Å². The van der Waals surface area contributed by atoms with Crippen molar-refractivity contribution in [3.8, 4) is 22.6 Å². The molecule has 0 aliphatic carbocycles. The smallest absolute Gasteiger partial charge is 0.319 e. The first-order chi connectivity index (χ1) is 27.0. The number of hydrogen-bond acceptors (Lipinski definition) is 8. The van der Waals surface area contributed by atoms with Crippen LogP contribution in [0.1, 0.15) is 53.9 Å². The molecule has 5 aromatic rings. The van der Waals surface area contributed by atoms with Crippen LogP contribution < -0.4 is 15.4 Å². The Morgan fingerprint density at radius 1 is 0.745 bits per heavy atom. The van der Waals surface area contributed by atoms with E-state index in [-0.39, 0.29) is 24.8 Å². The molecule has 3 fully saturated rings. The van der Waals surface area contributed by atoms with E-state index in [1.807, 2.05) is 91.0 Å². The van der Waals surface area contributed by atoms with Crippen molar-refractivity contribution in [3.63, 3.8) is 0 Å². The van der Waals surface area contributed by atoms with Gasteiger partial charge in [0, 0.05) is 56.7 Å². The lowest BCUT2D eigenvalue weighted by molar-refractivity contribution is -0.255. The maximum atomic E-state index is 12.7. The molecule has 3 saturated heterocycles. The normalized spacial score (nSPS) is 20.9. The Labute approximate surface area is 321 Å². The molecule has 2 amide bonds. The third-order valence-electron chi connectivity index (χ3n) is 10.5. The van der Waals surface area contributed by atoms with Gasteiger partial charge in [-0.05, 0) is 70.3 Å². The Balaban J connectivity index is 0.885. The number of likely N-dealkylation sites (tertiary alicyclic amines) is 1. The number of rotatable bonds is 11. The SMILES string of the molecule is O=C(NCc1cccc(-c2ccc([C@@H]3O[C@H](CN4CCC5(CC4)OCCO5)C[C@H](c4ccc(CO)cc4)O3)cc2)c1)Nc1ccc(Oc2ccccc2)cc1. The van der Waals surface area contributed by atoms with Crippen LogP contribution in [0.4, 0.5) is 10.5 Å². The highest BCUT2D eigenvalue weighted by Gasteiger charge is 2.41. The van der Waals surface area contributed by atoms with Gasteiger partial charge >= 0.3 is 6.03 Å². The van der Waals surface area contributed by atoms with Crippen LogP contribution in [0.25, 0.3) is 11.1 Å². The van der Waals surface area contributed by atoms with E-state index in [0.29, 0.717) is 31.2 Å². The van der Waals surface area contributed by atoms with Crippen molar-refractivity contribution in [3.05, 3.63) is 150 Å². The third-order valence-corrected chi connectivity index (χ3v) is 10.5. The van der Waals surface area contributed by atoms with Crippen LogP contribution in [0.2, 0.25) is 0 Å². The second kappa shape index (κ2) is 17.2. The quantitative estimate of drug-likeness (QED) is 0.124. The number of carbonyl (C=O) groups is 1. The standard InChI is InChI=1S/C45H47N3O7/c49-31-32-9-11-35(12-10-32)42-28-41(30-48-23-21-45(22-24-48)51-25-26-52-45)54-43(55-42)36-15-13-34(14-16-36)37-6-4-5-33(27-37)29-46-44(50)47-38-17-19-40(20-18-38)53-39-7-2-1-3-8-39/h1-20,27,41-43,49H,21-26,28-31H2,(H2,46,47,50)/t41-,42+,43+/m0/s1. The number of carbonyl (C=O) groups excluding carboxylic acids is 1. The predicted octanol–water partition coefficient (Wildman–Crippen LogP) is 8.34. The Morgan fingerprint density at radius 3 is 2.18 bits per heavy atom. The topological polar surface area (TPSA) is 111 Å². The number of amides is 2. The lowest BCUT2D eigenvalue weighted by Crippen LogP contribution is -2.48. The largest absolute Gasteiger partial charge is 0.457 e. The minimum atomic E-state index is -0.533. The van der Waals surface area contributed by atoms with Crippen molar-refractivity contribution in [1.82, 2.24) is 10.2 Å². The minimum Gasteiger partial charge on any atom is -0.457 e. The summed E-state index contributed by atoms with van der Waals surface area (Å²) >= 11 is 0. The number of piperidine rings is 1. The first-order valence-electron chi connectivity index (χ1n) is 19.1. The van der Waals surface area contributed by atoms with Crippen molar-refractivity contribution in [2.45, 2.75) is 56.7 Å². The highest BCUT2D eigenvalue weighted by molar-refractivity contribution is 5.89. The first-order valence-corrected chi connectivity index (χ1v) is 19.1. The summed E-state index contributed by atoms with van der Waals surface area (Å²) < 4.78 is 31.0. The summed E-state index contributed by atoms with van der Waals surface area (Å²) in [6.45, 7) is 4.32.